The van der Waals surface area contributed by atoms with Crippen LogP contribution in [0.15, 0.2) is 48.8 Å². The average Bonchev–Trinajstić information content (AvgIpc) is 3.08. The first kappa shape index (κ1) is 19.1. The van der Waals surface area contributed by atoms with Crippen molar-refractivity contribution in [2.45, 2.75) is 33.1 Å². The molecule has 2 amide bonds. The lowest BCUT2D eigenvalue weighted by molar-refractivity contribution is -0.132. The SMILES string of the molecule is CC(C)CC(=O)N1CCC(Cc2ccccc2-c2ccncc2)(C(N)=O)C1. The Hall–Kier alpha value is -2.69. The van der Waals surface area contributed by atoms with E-state index in [1.54, 1.807) is 17.3 Å². The average molecular weight is 365 g/mol. The summed E-state index contributed by atoms with van der Waals surface area (Å²) in [5, 5.41) is 0. The lowest BCUT2D eigenvalue weighted by atomic mass is 9.78. The maximum absolute atomic E-state index is 12.5. The van der Waals surface area contributed by atoms with Gasteiger partial charge in [-0.25, -0.2) is 0 Å². The summed E-state index contributed by atoms with van der Waals surface area (Å²) >= 11 is 0. The second-order valence-electron chi connectivity index (χ2n) is 7.88. The molecule has 1 unspecified atom stereocenters. The Morgan fingerprint density at radius 2 is 1.89 bits per heavy atom. The van der Waals surface area contributed by atoms with Gasteiger partial charge in [-0.1, -0.05) is 38.1 Å². The summed E-state index contributed by atoms with van der Waals surface area (Å²) in [4.78, 5) is 30.8. The van der Waals surface area contributed by atoms with Crippen molar-refractivity contribution < 1.29 is 9.59 Å². The van der Waals surface area contributed by atoms with Gasteiger partial charge in [-0.3, -0.25) is 14.6 Å². The highest BCUT2D eigenvalue weighted by Gasteiger charge is 2.45. The van der Waals surface area contributed by atoms with E-state index in [2.05, 4.69) is 11.1 Å². The summed E-state index contributed by atoms with van der Waals surface area (Å²) in [7, 11) is 0. The van der Waals surface area contributed by atoms with Gasteiger partial charge in [0.2, 0.25) is 11.8 Å². The van der Waals surface area contributed by atoms with Gasteiger partial charge >= 0.3 is 0 Å². The fourth-order valence-electron chi connectivity index (χ4n) is 3.85. The molecule has 0 spiro atoms. The van der Waals surface area contributed by atoms with Gasteiger partial charge in [0.05, 0.1) is 5.41 Å². The number of rotatable bonds is 6. The van der Waals surface area contributed by atoms with Gasteiger partial charge in [-0.15, -0.1) is 0 Å². The largest absolute Gasteiger partial charge is 0.369 e. The van der Waals surface area contributed by atoms with Gasteiger partial charge < -0.3 is 10.6 Å². The van der Waals surface area contributed by atoms with Crippen LogP contribution in [-0.4, -0.2) is 34.8 Å². The third-order valence-electron chi connectivity index (χ3n) is 5.35. The van der Waals surface area contributed by atoms with Crippen molar-refractivity contribution in [3.8, 4) is 11.1 Å². The lowest BCUT2D eigenvalue weighted by Gasteiger charge is -2.27. The van der Waals surface area contributed by atoms with Crippen LogP contribution in [0.25, 0.3) is 11.1 Å². The number of hydrogen-bond donors (Lipinski definition) is 1. The van der Waals surface area contributed by atoms with E-state index in [0.29, 0.717) is 38.3 Å². The van der Waals surface area contributed by atoms with Crippen molar-refractivity contribution in [3.05, 3.63) is 54.4 Å². The van der Waals surface area contributed by atoms with Crippen LogP contribution in [0.3, 0.4) is 0 Å². The van der Waals surface area contributed by atoms with Crippen LogP contribution in [0.1, 0.15) is 32.3 Å². The molecule has 5 nitrogen and oxygen atoms in total. The molecule has 1 aromatic heterocycles. The Balaban J connectivity index is 1.87. The Bertz CT molecular complexity index is 819. The zero-order valence-corrected chi connectivity index (χ0v) is 16.0. The minimum absolute atomic E-state index is 0.107. The third-order valence-corrected chi connectivity index (χ3v) is 5.35. The molecule has 142 valence electrons. The topological polar surface area (TPSA) is 76.3 Å². The zero-order chi connectivity index (χ0) is 19.4. The molecule has 2 heterocycles. The van der Waals surface area contributed by atoms with E-state index < -0.39 is 5.41 Å². The Morgan fingerprint density at radius 3 is 2.56 bits per heavy atom. The van der Waals surface area contributed by atoms with Gasteiger partial charge in [0, 0.05) is 31.9 Å². The Morgan fingerprint density at radius 1 is 1.19 bits per heavy atom. The molecule has 0 radical (unpaired) electrons. The number of likely N-dealkylation sites (tertiary alicyclic amines) is 1. The van der Waals surface area contributed by atoms with Crippen molar-refractivity contribution in [2.75, 3.05) is 13.1 Å². The number of hydrogen-bond acceptors (Lipinski definition) is 3. The highest BCUT2D eigenvalue weighted by molar-refractivity contribution is 5.85. The van der Waals surface area contributed by atoms with Crippen LogP contribution in [0.5, 0.6) is 0 Å². The van der Waals surface area contributed by atoms with E-state index in [1.165, 1.54) is 0 Å². The van der Waals surface area contributed by atoms with Crippen molar-refractivity contribution in [1.82, 2.24) is 9.88 Å². The van der Waals surface area contributed by atoms with Gasteiger partial charge in [-0.05, 0) is 47.6 Å². The molecule has 27 heavy (non-hydrogen) atoms. The fourth-order valence-corrected chi connectivity index (χ4v) is 3.85. The Labute approximate surface area is 160 Å². The molecule has 1 saturated heterocycles. The van der Waals surface area contributed by atoms with Crippen molar-refractivity contribution >= 4 is 11.8 Å². The molecule has 2 aromatic rings. The quantitative estimate of drug-likeness (QED) is 0.855. The molecule has 1 fully saturated rings. The molecule has 1 aromatic carbocycles. The number of nitrogens with two attached hydrogens (primary N) is 1. The summed E-state index contributed by atoms with van der Waals surface area (Å²) in [6.07, 6.45) is 5.17. The molecule has 0 aliphatic carbocycles. The molecular formula is C22H27N3O2. The van der Waals surface area contributed by atoms with Crippen LogP contribution in [0.4, 0.5) is 0 Å². The van der Waals surface area contributed by atoms with Crippen LogP contribution in [0.2, 0.25) is 0 Å². The molecule has 0 bridgehead atoms. The summed E-state index contributed by atoms with van der Waals surface area (Å²) < 4.78 is 0. The van der Waals surface area contributed by atoms with Crippen LogP contribution < -0.4 is 5.73 Å². The standard InChI is InChI=1S/C22H27N3O2/c1-16(2)13-20(26)25-12-9-22(15-25,21(23)27)14-18-5-3-4-6-19(18)17-7-10-24-11-8-17/h3-8,10-11,16H,9,12-15H2,1-2H3,(H2,23,27). The number of pyridine rings is 1. The number of carbonyl (C=O) groups excluding carboxylic acids is 2. The molecule has 2 N–H and O–H groups in total. The van der Waals surface area contributed by atoms with Crippen molar-refractivity contribution in [2.24, 2.45) is 17.1 Å². The zero-order valence-electron chi connectivity index (χ0n) is 16.0. The molecule has 0 saturated carbocycles. The van der Waals surface area contributed by atoms with E-state index >= 15 is 0 Å². The number of benzene rings is 1. The second kappa shape index (κ2) is 7.91. The molecular weight excluding hydrogens is 338 g/mol. The van der Waals surface area contributed by atoms with Crippen LogP contribution >= 0.6 is 0 Å². The second-order valence-corrected chi connectivity index (χ2v) is 7.88. The van der Waals surface area contributed by atoms with E-state index in [9.17, 15) is 9.59 Å². The van der Waals surface area contributed by atoms with Crippen molar-refractivity contribution in [3.63, 3.8) is 0 Å². The predicted molar refractivity (Wildman–Crippen MR) is 106 cm³/mol. The fraction of sp³-hybridized carbons (Fsp3) is 0.409. The monoisotopic (exact) mass is 365 g/mol. The maximum Gasteiger partial charge on any atom is 0.225 e. The summed E-state index contributed by atoms with van der Waals surface area (Å²) in [5.74, 6) is 0.0796. The number of amides is 2. The first-order chi connectivity index (χ1) is 12.9. The van der Waals surface area contributed by atoms with E-state index in [0.717, 1.165) is 16.7 Å². The summed E-state index contributed by atoms with van der Waals surface area (Å²) in [6, 6.07) is 12.0. The summed E-state index contributed by atoms with van der Waals surface area (Å²) in [6.45, 7) is 5.05. The maximum atomic E-state index is 12.5. The molecule has 1 atom stereocenters. The van der Waals surface area contributed by atoms with Gasteiger partial charge in [-0.2, -0.15) is 0 Å². The number of nitrogens with zero attached hydrogens (tertiary/aromatic N) is 2. The molecule has 1 aliphatic heterocycles. The van der Waals surface area contributed by atoms with E-state index in [4.69, 9.17) is 5.73 Å². The van der Waals surface area contributed by atoms with Crippen molar-refractivity contribution in [1.29, 1.82) is 0 Å². The minimum Gasteiger partial charge on any atom is -0.369 e. The molecule has 3 rings (SSSR count). The highest BCUT2D eigenvalue weighted by Crippen LogP contribution is 2.37. The number of carbonyl (C=O) groups is 2. The van der Waals surface area contributed by atoms with E-state index in [-0.39, 0.29) is 11.8 Å². The van der Waals surface area contributed by atoms with Crippen LogP contribution in [0, 0.1) is 11.3 Å². The van der Waals surface area contributed by atoms with Gasteiger partial charge in [0.25, 0.3) is 0 Å². The molecule has 1 aliphatic rings. The first-order valence-electron chi connectivity index (χ1n) is 9.47. The van der Waals surface area contributed by atoms with Crippen LogP contribution in [-0.2, 0) is 16.0 Å². The van der Waals surface area contributed by atoms with Gasteiger partial charge in [0.15, 0.2) is 0 Å². The first-order valence-corrected chi connectivity index (χ1v) is 9.47. The smallest absolute Gasteiger partial charge is 0.225 e. The summed E-state index contributed by atoms with van der Waals surface area (Å²) in [5.41, 5.74) is 8.34. The van der Waals surface area contributed by atoms with E-state index in [1.807, 2.05) is 44.2 Å². The normalized spacial score (nSPS) is 19.4. The predicted octanol–water partition coefficient (Wildman–Crippen LogP) is 3.04. The Kier molecular flexibility index (Phi) is 5.59. The number of aromatic nitrogens is 1. The number of primary amides is 1. The minimum atomic E-state index is -0.713. The highest BCUT2D eigenvalue weighted by atomic mass is 16.2. The lowest BCUT2D eigenvalue weighted by Crippen LogP contribution is -2.42. The third kappa shape index (κ3) is 4.18. The van der Waals surface area contributed by atoms with Gasteiger partial charge in [0.1, 0.15) is 0 Å². The molecule has 5 heteroatoms.